The first-order valence-corrected chi connectivity index (χ1v) is 8.19. The Hall–Kier alpha value is -2.94. The third kappa shape index (κ3) is 4.79. The number of ether oxygens (including phenoxy) is 1. The van der Waals surface area contributed by atoms with Gasteiger partial charge in [-0.1, -0.05) is 5.92 Å². The van der Waals surface area contributed by atoms with Crippen molar-refractivity contribution < 1.29 is 13.5 Å². The number of aromatic nitrogens is 1. The van der Waals surface area contributed by atoms with Crippen LogP contribution in [0.1, 0.15) is 36.8 Å². The number of benzene rings is 1. The van der Waals surface area contributed by atoms with Gasteiger partial charge in [0.15, 0.2) is 0 Å². The van der Waals surface area contributed by atoms with Crippen molar-refractivity contribution in [1.82, 2.24) is 9.88 Å². The van der Waals surface area contributed by atoms with Crippen molar-refractivity contribution in [1.29, 1.82) is 0 Å². The van der Waals surface area contributed by atoms with Crippen LogP contribution >= 0.6 is 0 Å². The van der Waals surface area contributed by atoms with E-state index < -0.39 is 17.7 Å². The number of halogens is 2. The van der Waals surface area contributed by atoms with Gasteiger partial charge in [0.2, 0.25) is 5.88 Å². The van der Waals surface area contributed by atoms with Crippen LogP contribution in [-0.4, -0.2) is 29.8 Å². The minimum Gasteiger partial charge on any atom is -0.469 e. The zero-order chi connectivity index (χ0) is 19.3. The lowest BCUT2D eigenvalue weighted by Gasteiger charge is -2.17. The summed E-state index contributed by atoms with van der Waals surface area (Å²) in [5.74, 6) is 1.42. The van der Waals surface area contributed by atoms with Crippen LogP contribution in [0.3, 0.4) is 0 Å². The summed E-state index contributed by atoms with van der Waals surface area (Å²) >= 11 is 0. The molecule has 0 spiro atoms. The number of aliphatic imine (C=N–C) groups is 1. The van der Waals surface area contributed by atoms with E-state index in [4.69, 9.17) is 11.2 Å². The third-order valence-corrected chi connectivity index (χ3v) is 3.84. The first-order chi connectivity index (χ1) is 12.3. The van der Waals surface area contributed by atoms with E-state index in [1.807, 2.05) is 18.9 Å². The van der Waals surface area contributed by atoms with E-state index in [2.05, 4.69) is 15.9 Å². The second-order valence-electron chi connectivity index (χ2n) is 5.87. The number of hydrogen-bond donors (Lipinski definition) is 0. The van der Waals surface area contributed by atoms with Gasteiger partial charge in [0.1, 0.15) is 17.7 Å². The van der Waals surface area contributed by atoms with Gasteiger partial charge in [0, 0.05) is 19.7 Å². The molecule has 136 valence electrons. The van der Waals surface area contributed by atoms with E-state index in [0.717, 1.165) is 12.6 Å². The van der Waals surface area contributed by atoms with Crippen molar-refractivity contribution in [2.75, 3.05) is 13.6 Å². The highest BCUT2D eigenvalue weighted by Gasteiger charge is 2.15. The highest BCUT2D eigenvalue weighted by molar-refractivity contribution is 5.64. The first-order valence-electron chi connectivity index (χ1n) is 8.19. The average molecular weight is 357 g/mol. The Morgan fingerprint density at radius 2 is 1.96 bits per heavy atom. The molecule has 1 aromatic carbocycles. The van der Waals surface area contributed by atoms with Crippen LogP contribution in [0.25, 0.3) is 0 Å². The van der Waals surface area contributed by atoms with E-state index in [0.29, 0.717) is 22.5 Å². The molecule has 0 radical (unpaired) electrons. The van der Waals surface area contributed by atoms with Gasteiger partial charge in [-0.25, -0.2) is 18.8 Å². The van der Waals surface area contributed by atoms with E-state index in [1.165, 1.54) is 12.1 Å². The quantitative estimate of drug-likeness (QED) is 0.437. The summed E-state index contributed by atoms with van der Waals surface area (Å²) in [5, 5.41) is 0. The molecule has 6 heteroatoms. The smallest absolute Gasteiger partial charge is 0.230 e. The van der Waals surface area contributed by atoms with Crippen LogP contribution in [0.5, 0.6) is 5.88 Å². The van der Waals surface area contributed by atoms with Gasteiger partial charge in [-0.3, -0.25) is 0 Å². The summed E-state index contributed by atoms with van der Waals surface area (Å²) < 4.78 is 32.6. The standard InChI is InChI=1S/C20H21F2N3O/c1-6-15-10-19(23-12-25(5)7-2)13(3)24-20(15)26-14(4)16-8-17(21)11-18(22)9-16/h1,8-12,14H,7H2,2-5H3. The second kappa shape index (κ2) is 8.43. The summed E-state index contributed by atoms with van der Waals surface area (Å²) in [4.78, 5) is 10.7. The molecule has 0 fully saturated rings. The van der Waals surface area contributed by atoms with E-state index in [-0.39, 0.29) is 5.88 Å². The Kier molecular flexibility index (Phi) is 6.29. The lowest BCUT2D eigenvalue weighted by molar-refractivity contribution is 0.215. The summed E-state index contributed by atoms with van der Waals surface area (Å²) in [5.41, 5.74) is 2.05. The molecule has 0 N–H and O–H groups in total. The summed E-state index contributed by atoms with van der Waals surface area (Å²) in [6.07, 6.45) is 6.63. The molecule has 0 saturated heterocycles. The Balaban J connectivity index is 2.30. The number of terminal acetylenes is 1. The Morgan fingerprint density at radius 1 is 1.31 bits per heavy atom. The molecule has 0 saturated carbocycles. The zero-order valence-electron chi connectivity index (χ0n) is 15.3. The van der Waals surface area contributed by atoms with Gasteiger partial charge in [-0.2, -0.15) is 0 Å². The summed E-state index contributed by atoms with van der Waals surface area (Å²) in [6.45, 7) is 6.30. The molecule has 0 bridgehead atoms. The fraction of sp³-hybridized carbons (Fsp3) is 0.300. The molecule has 4 nitrogen and oxygen atoms in total. The van der Waals surface area contributed by atoms with Crippen molar-refractivity contribution in [3.05, 3.63) is 52.7 Å². The lowest BCUT2D eigenvalue weighted by Crippen LogP contribution is -2.14. The topological polar surface area (TPSA) is 37.7 Å². The van der Waals surface area contributed by atoms with Crippen LogP contribution < -0.4 is 4.74 Å². The molecule has 2 aromatic rings. The minimum absolute atomic E-state index is 0.227. The summed E-state index contributed by atoms with van der Waals surface area (Å²) in [6, 6.07) is 4.95. The highest BCUT2D eigenvalue weighted by Crippen LogP contribution is 2.28. The number of aryl methyl sites for hydroxylation is 1. The van der Waals surface area contributed by atoms with Crippen molar-refractivity contribution in [3.8, 4) is 18.2 Å². The zero-order valence-corrected chi connectivity index (χ0v) is 15.3. The molecule has 0 aliphatic heterocycles. The number of nitrogens with zero attached hydrogens (tertiary/aromatic N) is 3. The summed E-state index contributed by atoms with van der Waals surface area (Å²) in [7, 11) is 1.91. The maximum absolute atomic E-state index is 13.4. The molecule has 0 amide bonds. The van der Waals surface area contributed by atoms with Crippen LogP contribution in [0.15, 0.2) is 29.3 Å². The maximum Gasteiger partial charge on any atom is 0.230 e. The van der Waals surface area contributed by atoms with Gasteiger partial charge in [-0.05, 0) is 44.5 Å². The van der Waals surface area contributed by atoms with Crippen molar-refractivity contribution in [3.63, 3.8) is 0 Å². The van der Waals surface area contributed by atoms with Gasteiger partial charge in [0.25, 0.3) is 0 Å². The molecule has 0 aliphatic rings. The van der Waals surface area contributed by atoms with Crippen molar-refractivity contribution >= 4 is 12.0 Å². The minimum atomic E-state index is -0.665. The van der Waals surface area contributed by atoms with Crippen molar-refractivity contribution in [2.24, 2.45) is 4.99 Å². The predicted molar refractivity (Wildman–Crippen MR) is 98.8 cm³/mol. The molecular formula is C20H21F2N3O. The van der Waals surface area contributed by atoms with Gasteiger partial charge in [0.05, 0.1) is 23.3 Å². The number of pyridine rings is 1. The Bertz CT molecular complexity index is 839. The Labute approximate surface area is 152 Å². The van der Waals surface area contributed by atoms with E-state index in [9.17, 15) is 8.78 Å². The monoisotopic (exact) mass is 357 g/mol. The predicted octanol–water partition coefficient (Wildman–Crippen LogP) is 4.40. The second-order valence-corrected chi connectivity index (χ2v) is 5.87. The largest absolute Gasteiger partial charge is 0.469 e. The molecule has 1 unspecified atom stereocenters. The van der Waals surface area contributed by atoms with Crippen LogP contribution in [-0.2, 0) is 0 Å². The number of rotatable bonds is 6. The van der Waals surface area contributed by atoms with Crippen molar-refractivity contribution in [2.45, 2.75) is 26.9 Å². The fourth-order valence-corrected chi connectivity index (χ4v) is 2.18. The fourth-order valence-electron chi connectivity index (χ4n) is 2.18. The maximum atomic E-state index is 13.4. The Morgan fingerprint density at radius 3 is 2.54 bits per heavy atom. The van der Waals surface area contributed by atoms with Gasteiger partial charge >= 0.3 is 0 Å². The van der Waals surface area contributed by atoms with E-state index in [1.54, 1.807) is 26.3 Å². The molecule has 26 heavy (non-hydrogen) atoms. The average Bonchev–Trinajstić information content (AvgIpc) is 2.59. The van der Waals surface area contributed by atoms with Crippen LogP contribution in [0.4, 0.5) is 14.5 Å². The normalized spacial score (nSPS) is 12.0. The highest BCUT2D eigenvalue weighted by atomic mass is 19.1. The van der Waals surface area contributed by atoms with E-state index >= 15 is 0 Å². The lowest BCUT2D eigenvalue weighted by atomic mass is 10.1. The molecule has 0 aliphatic carbocycles. The molecule has 1 heterocycles. The van der Waals surface area contributed by atoms with Crippen LogP contribution in [0, 0.1) is 30.9 Å². The molecule has 2 rings (SSSR count). The van der Waals surface area contributed by atoms with Crippen LogP contribution in [0.2, 0.25) is 0 Å². The first kappa shape index (κ1) is 19.4. The molecule has 1 aromatic heterocycles. The van der Waals surface area contributed by atoms with Gasteiger partial charge in [-0.15, -0.1) is 6.42 Å². The third-order valence-electron chi connectivity index (χ3n) is 3.84. The molecular weight excluding hydrogens is 336 g/mol. The van der Waals surface area contributed by atoms with Gasteiger partial charge < -0.3 is 9.64 Å². The SMILES string of the molecule is C#Cc1cc(N=CN(C)CC)c(C)nc1OC(C)c1cc(F)cc(F)c1. The number of hydrogen-bond acceptors (Lipinski definition) is 3. The molecule has 1 atom stereocenters.